The lowest BCUT2D eigenvalue weighted by molar-refractivity contribution is 0.255. The smallest absolute Gasteiger partial charge is 0.268 e. The van der Waals surface area contributed by atoms with E-state index in [1.807, 2.05) is 0 Å². The molecule has 0 saturated carbocycles. The number of H-pyrrole nitrogens is 1. The van der Waals surface area contributed by atoms with E-state index in [1.165, 1.54) is 29.5 Å². The van der Waals surface area contributed by atoms with Crippen molar-refractivity contribution in [2.45, 2.75) is 13.2 Å². The number of fused-ring (bicyclic) bond motifs is 1. The number of benzene rings is 1. The molecule has 2 aromatic heterocycles. The lowest BCUT2D eigenvalue weighted by Crippen LogP contribution is -2.12. The van der Waals surface area contributed by atoms with Crippen molar-refractivity contribution in [1.29, 1.82) is 0 Å². The molecule has 7 heteroatoms. The third-order valence-corrected chi connectivity index (χ3v) is 3.82. The number of rotatable bonds is 4. The minimum atomic E-state index is -0.447. The Hall–Kier alpha value is -2.25. The molecule has 0 amide bonds. The largest absolute Gasteiger partial charge is 0.485 e. The minimum absolute atomic E-state index is 0.0274. The minimum Gasteiger partial charge on any atom is -0.485 e. The number of nitrogens with one attached hydrogen (secondary N) is 1. The van der Waals surface area contributed by atoms with Crippen LogP contribution in [0.3, 0.4) is 0 Å². The van der Waals surface area contributed by atoms with Crippen molar-refractivity contribution in [2.75, 3.05) is 0 Å². The fraction of sp³-hybridized carbons (Fsp3) is 0.143. The van der Waals surface area contributed by atoms with Gasteiger partial charge >= 0.3 is 0 Å². The van der Waals surface area contributed by atoms with Gasteiger partial charge in [-0.2, -0.15) is 0 Å². The summed E-state index contributed by atoms with van der Waals surface area (Å²) >= 11 is 1.32. The highest BCUT2D eigenvalue weighted by molar-refractivity contribution is 7.17. The zero-order chi connectivity index (χ0) is 14.8. The third kappa shape index (κ3) is 2.79. The Morgan fingerprint density at radius 3 is 3.05 bits per heavy atom. The van der Waals surface area contributed by atoms with Crippen LogP contribution < -0.4 is 10.3 Å². The van der Waals surface area contributed by atoms with Gasteiger partial charge in [-0.25, -0.2) is 9.37 Å². The highest BCUT2D eigenvalue weighted by atomic mass is 32.1. The Bertz CT molecular complexity index is 844. The molecule has 1 aromatic carbocycles. The average Bonchev–Trinajstić information content (AvgIpc) is 2.94. The van der Waals surface area contributed by atoms with Gasteiger partial charge in [-0.05, 0) is 29.6 Å². The Morgan fingerprint density at radius 2 is 2.24 bits per heavy atom. The number of hydrogen-bond donors (Lipinski definition) is 2. The number of aromatic nitrogens is 2. The van der Waals surface area contributed by atoms with Gasteiger partial charge in [0.1, 0.15) is 28.7 Å². The summed E-state index contributed by atoms with van der Waals surface area (Å²) in [5.41, 5.74) is 0.743. The zero-order valence-corrected chi connectivity index (χ0v) is 11.6. The first kappa shape index (κ1) is 13.7. The van der Waals surface area contributed by atoms with Crippen LogP contribution in [0.4, 0.5) is 4.39 Å². The first-order valence-corrected chi connectivity index (χ1v) is 7.04. The van der Waals surface area contributed by atoms with Crippen LogP contribution >= 0.6 is 11.3 Å². The van der Waals surface area contributed by atoms with Crippen LogP contribution in [-0.2, 0) is 13.2 Å². The van der Waals surface area contributed by atoms with Crippen LogP contribution in [-0.4, -0.2) is 15.1 Å². The molecule has 2 N–H and O–H groups in total. The van der Waals surface area contributed by atoms with Crippen molar-refractivity contribution >= 4 is 21.6 Å². The molecular weight excluding hydrogens is 295 g/mol. The van der Waals surface area contributed by atoms with Crippen LogP contribution in [0.1, 0.15) is 11.4 Å². The topological polar surface area (TPSA) is 75.2 Å². The summed E-state index contributed by atoms with van der Waals surface area (Å²) in [4.78, 5) is 18.7. The number of thiophene rings is 1. The molecule has 0 bridgehead atoms. The normalized spacial score (nSPS) is 11.0. The van der Waals surface area contributed by atoms with Gasteiger partial charge in [-0.1, -0.05) is 0 Å². The first-order valence-electron chi connectivity index (χ1n) is 6.16. The molecule has 0 aliphatic carbocycles. The quantitative estimate of drug-likeness (QED) is 0.775. The molecule has 3 rings (SSSR count). The van der Waals surface area contributed by atoms with E-state index in [1.54, 1.807) is 11.4 Å². The van der Waals surface area contributed by atoms with E-state index in [-0.39, 0.29) is 18.8 Å². The molecule has 2 heterocycles. The molecule has 0 atom stereocenters. The van der Waals surface area contributed by atoms with Crippen LogP contribution in [0, 0.1) is 5.82 Å². The zero-order valence-electron chi connectivity index (χ0n) is 10.8. The van der Waals surface area contributed by atoms with Gasteiger partial charge in [-0.15, -0.1) is 11.3 Å². The molecule has 21 heavy (non-hydrogen) atoms. The lowest BCUT2D eigenvalue weighted by atomic mass is 10.2. The summed E-state index contributed by atoms with van der Waals surface area (Å²) in [5.74, 6) is 0.281. The monoisotopic (exact) mass is 306 g/mol. The summed E-state index contributed by atoms with van der Waals surface area (Å²) in [7, 11) is 0. The van der Waals surface area contributed by atoms with Gasteiger partial charge in [0.2, 0.25) is 0 Å². The lowest BCUT2D eigenvalue weighted by Gasteiger charge is -2.09. The van der Waals surface area contributed by atoms with Gasteiger partial charge in [0, 0.05) is 5.56 Å². The number of hydrogen-bond acceptors (Lipinski definition) is 5. The number of ether oxygens (including phenoxy) is 1. The molecule has 0 unspecified atom stereocenters. The van der Waals surface area contributed by atoms with Gasteiger partial charge in [0.15, 0.2) is 0 Å². The van der Waals surface area contributed by atoms with Gasteiger partial charge in [0.25, 0.3) is 5.56 Å². The standard InChI is InChI=1S/C14H11FN2O3S/c15-9-1-2-11(8(5-9)6-18)20-7-12-16-10-3-4-21-13(10)14(19)17-12/h1-5,18H,6-7H2,(H,16,17,19). The molecule has 0 aliphatic heterocycles. The highest BCUT2D eigenvalue weighted by Crippen LogP contribution is 2.21. The van der Waals surface area contributed by atoms with Crippen LogP contribution in [0.5, 0.6) is 5.75 Å². The predicted molar refractivity (Wildman–Crippen MR) is 76.9 cm³/mol. The second-order valence-corrected chi connectivity index (χ2v) is 5.26. The van der Waals surface area contributed by atoms with E-state index >= 15 is 0 Å². The third-order valence-electron chi connectivity index (χ3n) is 2.92. The summed E-state index contributed by atoms with van der Waals surface area (Å²) in [6.07, 6.45) is 0. The second kappa shape index (κ2) is 5.63. The molecule has 0 radical (unpaired) electrons. The van der Waals surface area contributed by atoms with Crippen molar-refractivity contribution in [3.63, 3.8) is 0 Å². The molecule has 0 spiro atoms. The highest BCUT2D eigenvalue weighted by Gasteiger charge is 2.08. The van der Waals surface area contributed by atoms with Crippen molar-refractivity contribution in [3.05, 3.63) is 57.2 Å². The Morgan fingerprint density at radius 1 is 1.38 bits per heavy atom. The van der Waals surface area contributed by atoms with Gasteiger partial charge in [0.05, 0.1) is 12.1 Å². The second-order valence-electron chi connectivity index (χ2n) is 4.35. The maximum atomic E-state index is 13.1. The van der Waals surface area contributed by atoms with E-state index in [4.69, 9.17) is 4.74 Å². The van der Waals surface area contributed by atoms with E-state index in [2.05, 4.69) is 9.97 Å². The molecule has 0 saturated heterocycles. The number of aromatic amines is 1. The van der Waals surface area contributed by atoms with Crippen molar-refractivity contribution in [1.82, 2.24) is 9.97 Å². The maximum absolute atomic E-state index is 13.1. The van der Waals surface area contributed by atoms with E-state index in [9.17, 15) is 14.3 Å². The summed E-state index contributed by atoms with van der Waals surface area (Å²) in [5, 5.41) is 11.0. The number of nitrogens with zero attached hydrogens (tertiary/aromatic N) is 1. The van der Waals surface area contributed by atoms with Crippen LogP contribution in [0.15, 0.2) is 34.4 Å². The number of halogens is 1. The number of aliphatic hydroxyl groups is 1. The fourth-order valence-corrected chi connectivity index (χ4v) is 2.67. The van der Waals surface area contributed by atoms with Crippen LogP contribution in [0.25, 0.3) is 10.2 Å². The van der Waals surface area contributed by atoms with Gasteiger partial charge in [-0.3, -0.25) is 4.79 Å². The van der Waals surface area contributed by atoms with E-state index in [0.29, 0.717) is 27.4 Å². The Labute approximate surface area is 122 Å². The predicted octanol–water partition coefficient (Wildman–Crippen LogP) is 2.20. The molecule has 5 nitrogen and oxygen atoms in total. The summed E-state index contributed by atoms with van der Waals surface area (Å²) in [6.45, 7) is -0.305. The Balaban J connectivity index is 1.85. The van der Waals surface area contributed by atoms with Crippen molar-refractivity contribution in [3.8, 4) is 5.75 Å². The molecule has 0 fully saturated rings. The van der Waals surface area contributed by atoms with Crippen LogP contribution in [0.2, 0.25) is 0 Å². The maximum Gasteiger partial charge on any atom is 0.268 e. The Kier molecular flexibility index (Phi) is 3.68. The molecular formula is C14H11FN2O3S. The average molecular weight is 306 g/mol. The van der Waals surface area contributed by atoms with Crippen molar-refractivity contribution < 1.29 is 14.2 Å². The van der Waals surface area contributed by atoms with E-state index in [0.717, 1.165) is 0 Å². The molecule has 0 aliphatic rings. The van der Waals surface area contributed by atoms with Gasteiger partial charge < -0.3 is 14.8 Å². The summed E-state index contributed by atoms with van der Waals surface area (Å²) in [6, 6.07) is 5.64. The molecule has 108 valence electrons. The SMILES string of the molecule is O=c1[nH]c(COc2ccc(F)cc2CO)nc2ccsc12. The first-order chi connectivity index (χ1) is 10.2. The fourth-order valence-electron chi connectivity index (χ4n) is 1.95. The van der Waals surface area contributed by atoms with Crippen molar-refractivity contribution in [2.24, 2.45) is 0 Å². The van der Waals surface area contributed by atoms with E-state index < -0.39 is 5.82 Å². The molecule has 3 aromatic rings. The summed E-state index contributed by atoms with van der Waals surface area (Å²) < 4.78 is 19.1. The number of aliphatic hydroxyl groups excluding tert-OH is 1.